The normalized spacial score (nSPS) is 15.6. The van der Waals surface area contributed by atoms with Crippen LogP contribution >= 0.6 is 35.6 Å². The number of hydrogen-bond donors (Lipinski definition) is 1. The van der Waals surface area contributed by atoms with Crippen molar-refractivity contribution in [2.45, 2.75) is 32.6 Å². The number of ether oxygens (including phenoxy) is 1. The van der Waals surface area contributed by atoms with Crippen molar-refractivity contribution in [3.05, 3.63) is 34.9 Å². The first-order valence-corrected chi connectivity index (χ1v) is 9.38. The summed E-state index contributed by atoms with van der Waals surface area (Å²) in [7, 11) is 2.13. The number of hydrogen-bond acceptors (Lipinski definition) is 2. The summed E-state index contributed by atoms with van der Waals surface area (Å²) in [5.41, 5.74) is 1.23. The predicted octanol–water partition coefficient (Wildman–Crippen LogP) is 4.21. The van der Waals surface area contributed by atoms with E-state index in [1.165, 1.54) is 24.8 Å². The summed E-state index contributed by atoms with van der Waals surface area (Å²) >= 11 is 6.04. The Morgan fingerprint density at radius 1 is 1.36 bits per heavy atom. The third kappa shape index (κ3) is 8.60. The molecule has 0 spiro atoms. The Morgan fingerprint density at radius 3 is 2.80 bits per heavy atom. The highest BCUT2D eigenvalue weighted by Crippen LogP contribution is 2.18. The molecule has 1 aromatic rings. The number of aliphatic imine (C=N–C) groups is 1. The summed E-state index contributed by atoms with van der Waals surface area (Å²) in [6.07, 6.45) is 4.49. The molecule has 0 amide bonds. The summed E-state index contributed by atoms with van der Waals surface area (Å²) in [6.45, 7) is 6.64. The highest BCUT2D eigenvalue weighted by molar-refractivity contribution is 14.0. The second kappa shape index (κ2) is 12.8. The lowest BCUT2D eigenvalue weighted by Crippen LogP contribution is -2.40. The molecule has 0 aliphatic carbocycles. The van der Waals surface area contributed by atoms with Crippen molar-refractivity contribution in [3.8, 4) is 0 Å². The van der Waals surface area contributed by atoms with Crippen molar-refractivity contribution in [2.24, 2.45) is 10.9 Å². The van der Waals surface area contributed by atoms with E-state index in [2.05, 4.69) is 30.3 Å². The van der Waals surface area contributed by atoms with Gasteiger partial charge in [-0.1, -0.05) is 23.7 Å². The molecule has 1 aromatic carbocycles. The number of guanidine groups is 1. The fraction of sp³-hybridized carbons (Fsp3) is 0.632. The molecule has 0 bridgehead atoms. The summed E-state index contributed by atoms with van der Waals surface area (Å²) in [4.78, 5) is 7.01. The van der Waals surface area contributed by atoms with Crippen LogP contribution in [0.1, 0.15) is 31.7 Å². The van der Waals surface area contributed by atoms with E-state index in [4.69, 9.17) is 21.3 Å². The van der Waals surface area contributed by atoms with Gasteiger partial charge >= 0.3 is 0 Å². The average molecular weight is 480 g/mol. The van der Waals surface area contributed by atoms with Crippen molar-refractivity contribution >= 4 is 41.5 Å². The highest BCUT2D eigenvalue weighted by atomic mass is 127. The molecule has 1 fully saturated rings. The van der Waals surface area contributed by atoms with E-state index in [1.807, 2.05) is 18.2 Å². The standard InChI is InChI=1S/C19H30ClN3O.HI/c1-3-21-19(22-11-7-17-5-4-6-18(20)15-17)23(2)12-8-16-9-13-24-14-10-16;/h4-6,15-16H,3,7-14H2,1-2H3,(H,21,22);1H. The van der Waals surface area contributed by atoms with Crippen LogP contribution in [-0.4, -0.2) is 50.8 Å². The lowest BCUT2D eigenvalue weighted by molar-refractivity contribution is 0.0625. The van der Waals surface area contributed by atoms with Gasteiger partial charge in [0.15, 0.2) is 5.96 Å². The fourth-order valence-corrected chi connectivity index (χ4v) is 3.18. The van der Waals surface area contributed by atoms with Crippen LogP contribution in [0.4, 0.5) is 0 Å². The third-order valence-corrected chi connectivity index (χ3v) is 4.70. The van der Waals surface area contributed by atoms with Crippen LogP contribution in [-0.2, 0) is 11.2 Å². The van der Waals surface area contributed by atoms with Gasteiger partial charge in [-0.2, -0.15) is 0 Å². The summed E-state index contributed by atoms with van der Waals surface area (Å²) < 4.78 is 5.44. The maximum absolute atomic E-state index is 6.04. The van der Waals surface area contributed by atoms with Crippen LogP contribution in [0.2, 0.25) is 5.02 Å². The van der Waals surface area contributed by atoms with Crippen LogP contribution in [0.3, 0.4) is 0 Å². The Kier molecular flexibility index (Phi) is 11.5. The third-order valence-electron chi connectivity index (χ3n) is 4.46. The minimum absolute atomic E-state index is 0. The molecule has 1 heterocycles. The van der Waals surface area contributed by atoms with E-state index in [-0.39, 0.29) is 24.0 Å². The first-order chi connectivity index (χ1) is 11.7. The van der Waals surface area contributed by atoms with Gasteiger partial charge in [0.1, 0.15) is 0 Å². The Labute approximate surface area is 174 Å². The molecule has 1 N–H and O–H groups in total. The first kappa shape index (κ1) is 22.5. The first-order valence-electron chi connectivity index (χ1n) is 9.00. The van der Waals surface area contributed by atoms with E-state index in [0.29, 0.717) is 0 Å². The quantitative estimate of drug-likeness (QED) is 0.361. The highest BCUT2D eigenvalue weighted by Gasteiger charge is 2.15. The number of nitrogens with one attached hydrogen (secondary N) is 1. The number of nitrogens with zero attached hydrogens (tertiary/aromatic N) is 2. The Bertz CT molecular complexity index is 521. The molecule has 142 valence electrons. The molecule has 4 nitrogen and oxygen atoms in total. The van der Waals surface area contributed by atoms with Crippen LogP contribution < -0.4 is 5.32 Å². The number of benzene rings is 1. The van der Waals surface area contributed by atoms with Gasteiger partial charge in [0, 0.05) is 44.9 Å². The zero-order valence-electron chi connectivity index (χ0n) is 15.3. The van der Waals surface area contributed by atoms with Crippen LogP contribution in [0, 0.1) is 5.92 Å². The van der Waals surface area contributed by atoms with Gasteiger partial charge in [-0.05, 0) is 56.2 Å². The van der Waals surface area contributed by atoms with Crippen molar-refractivity contribution in [2.75, 3.05) is 39.9 Å². The zero-order chi connectivity index (χ0) is 17.2. The zero-order valence-corrected chi connectivity index (χ0v) is 18.4. The molecule has 25 heavy (non-hydrogen) atoms. The van der Waals surface area contributed by atoms with E-state index in [9.17, 15) is 0 Å². The molecule has 0 atom stereocenters. The van der Waals surface area contributed by atoms with E-state index in [0.717, 1.165) is 56.2 Å². The molecule has 1 aliphatic heterocycles. The Balaban J connectivity index is 0.00000312. The number of rotatable bonds is 7. The smallest absolute Gasteiger partial charge is 0.193 e. The lowest BCUT2D eigenvalue weighted by Gasteiger charge is -2.26. The monoisotopic (exact) mass is 479 g/mol. The molecule has 1 saturated heterocycles. The lowest BCUT2D eigenvalue weighted by atomic mass is 9.96. The van der Waals surface area contributed by atoms with Gasteiger partial charge in [0.25, 0.3) is 0 Å². The molecular formula is C19H31ClIN3O. The van der Waals surface area contributed by atoms with Gasteiger partial charge in [-0.3, -0.25) is 4.99 Å². The summed E-state index contributed by atoms with van der Waals surface area (Å²) in [6, 6.07) is 8.01. The molecule has 0 unspecified atom stereocenters. The summed E-state index contributed by atoms with van der Waals surface area (Å²) in [5, 5.41) is 4.18. The topological polar surface area (TPSA) is 36.9 Å². The van der Waals surface area contributed by atoms with Crippen LogP contribution in [0.5, 0.6) is 0 Å². The van der Waals surface area contributed by atoms with Gasteiger partial charge in [0.2, 0.25) is 0 Å². The SMILES string of the molecule is CCNC(=NCCc1cccc(Cl)c1)N(C)CCC1CCOCC1.I. The predicted molar refractivity (Wildman–Crippen MR) is 117 cm³/mol. The van der Waals surface area contributed by atoms with Crippen molar-refractivity contribution in [3.63, 3.8) is 0 Å². The molecule has 0 aromatic heterocycles. The molecule has 1 aliphatic rings. The minimum Gasteiger partial charge on any atom is -0.381 e. The van der Waals surface area contributed by atoms with Crippen molar-refractivity contribution in [1.29, 1.82) is 0 Å². The second-order valence-corrected chi connectivity index (χ2v) is 6.82. The largest absolute Gasteiger partial charge is 0.381 e. The van der Waals surface area contributed by atoms with E-state index >= 15 is 0 Å². The maximum Gasteiger partial charge on any atom is 0.193 e. The molecule has 6 heteroatoms. The van der Waals surface area contributed by atoms with Gasteiger partial charge < -0.3 is 15.0 Å². The minimum atomic E-state index is 0. The van der Waals surface area contributed by atoms with Crippen LogP contribution in [0.25, 0.3) is 0 Å². The molecule has 2 rings (SSSR count). The van der Waals surface area contributed by atoms with Gasteiger partial charge in [-0.15, -0.1) is 24.0 Å². The van der Waals surface area contributed by atoms with E-state index in [1.54, 1.807) is 0 Å². The second-order valence-electron chi connectivity index (χ2n) is 6.38. The van der Waals surface area contributed by atoms with Crippen LogP contribution in [0.15, 0.2) is 29.3 Å². The molecule has 0 radical (unpaired) electrons. The fourth-order valence-electron chi connectivity index (χ4n) is 2.97. The van der Waals surface area contributed by atoms with Crippen molar-refractivity contribution < 1.29 is 4.74 Å². The maximum atomic E-state index is 6.04. The average Bonchev–Trinajstić information content (AvgIpc) is 2.60. The Hall–Kier alpha value is -0.530. The van der Waals surface area contributed by atoms with Gasteiger partial charge in [-0.25, -0.2) is 0 Å². The van der Waals surface area contributed by atoms with Crippen molar-refractivity contribution in [1.82, 2.24) is 10.2 Å². The summed E-state index contributed by atoms with van der Waals surface area (Å²) in [5.74, 6) is 1.78. The van der Waals surface area contributed by atoms with Gasteiger partial charge in [0.05, 0.1) is 0 Å². The number of halogens is 2. The van der Waals surface area contributed by atoms with E-state index < -0.39 is 0 Å². The Morgan fingerprint density at radius 2 is 2.12 bits per heavy atom. The molecule has 0 saturated carbocycles. The molecular weight excluding hydrogens is 449 g/mol.